The highest BCUT2D eigenvalue weighted by atomic mass is 19.1. The summed E-state index contributed by atoms with van der Waals surface area (Å²) in [6, 6.07) is 0. The Balaban J connectivity index is 2.74. The SMILES string of the molecule is CNC(=O)[C@@]1(F)CNCC(C)(C)C1. The van der Waals surface area contributed by atoms with Crippen LogP contribution in [0.1, 0.15) is 20.3 Å². The Bertz CT molecular complexity index is 218. The van der Waals surface area contributed by atoms with Gasteiger partial charge in [-0.2, -0.15) is 0 Å². The van der Waals surface area contributed by atoms with E-state index < -0.39 is 11.6 Å². The van der Waals surface area contributed by atoms with Gasteiger partial charge in [0.25, 0.3) is 5.91 Å². The molecule has 0 aromatic rings. The van der Waals surface area contributed by atoms with Crippen molar-refractivity contribution in [1.82, 2.24) is 10.6 Å². The molecule has 2 N–H and O–H groups in total. The Morgan fingerprint density at radius 1 is 1.46 bits per heavy atom. The fourth-order valence-corrected chi connectivity index (χ4v) is 1.87. The van der Waals surface area contributed by atoms with Crippen molar-refractivity contribution in [2.45, 2.75) is 25.9 Å². The zero-order valence-electron chi connectivity index (χ0n) is 8.41. The van der Waals surface area contributed by atoms with Gasteiger partial charge in [-0.1, -0.05) is 13.8 Å². The van der Waals surface area contributed by atoms with Crippen molar-refractivity contribution >= 4 is 5.91 Å². The molecule has 1 saturated heterocycles. The van der Waals surface area contributed by atoms with Gasteiger partial charge in [0.1, 0.15) is 0 Å². The van der Waals surface area contributed by atoms with Crippen LogP contribution in [-0.4, -0.2) is 31.7 Å². The molecule has 0 spiro atoms. The Labute approximate surface area is 78.1 Å². The van der Waals surface area contributed by atoms with Crippen molar-refractivity contribution < 1.29 is 9.18 Å². The maximum absolute atomic E-state index is 14.0. The maximum atomic E-state index is 14.0. The van der Waals surface area contributed by atoms with Crippen LogP contribution in [0.3, 0.4) is 0 Å². The highest BCUT2D eigenvalue weighted by Crippen LogP contribution is 2.33. The average molecular weight is 188 g/mol. The molecule has 4 heteroatoms. The van der Waals surface area contributed by atoms with Gasteiger partial charge in [0, 0.05) is 20.1 Å². The molecule has 0 radical (unpaired) electrons. The molecule has 1 aliphatic rings. The molecular weight excluding hydrogens is 171 g/mol. The topological polar surface area (TPSA) is 41.1 Å². The standard InChI is InChI=1S/C9H17FN2O/c1-8(2)4-9(10,6-12-5-8)7(13)11-3/h12H,4-6H2,1-3H3,(H,11,13)/t9-/m0/s1. The summed E-state index contributed by atoms with van der Waals surface area (Å²) in [7, 11) is 1.46. The Kier molecular flexibility index (Phi) is 2.61. The fourth-order valence-electron chi connectivity index (χ4n) is 1.87. The van der Waals surface area contributed by atoms with Crippen LogP contribution >= 0.6 is 0 Å². The van der Waals surface area contributed by atoms with Crippen LogP contribution in [0.25, 0.3) is 0 Å². The van der Waals surface area contributed by atoms with Crippen molar-refractivity contribution in [1.29, 1.82) is 0 Å². The number of amides is 1. The first-order valence-corrected chi connectivity index (χ1v) is 4.51. The van der Waals surface area contributed by atoms with Crippen LogP contribution in [0.15, 0.2) is 0 Å². The molecule has 0 saturated carbocycles. The van der Waals surface area contributed by atoms with E-state index in [4.69, 9.17) is 0 Å². The van der Waals surface area contributed by atoms with Gasteiger partial charge in [-0.3, -0.25) is 4.79 Å². The van der Waals surface area contributed by atoms with Crippen molar-refractivity contribution in [3.63, 3.8) is 0 Å². The Hall–Kier alpha value is -0.640. The number of hydrogen-bond acceptors (Lipinski definition) is 2. The minimum Gasteiger partial charge on any atom is -0.356 e. The number of carbonyl (C=O) groups is 1. The average Bonchev–Trinajstić information content (AvgIpc) is 2.00. The van der Waals surface area contributed by atoms with Gasteiger partial charge in [-0.25, -0.2) is 4.39 Å². The molecule has 1 fully saturated rings. The molecule has 1 atom stereocenters. The minimum atomic E-state index is -1.74. The summed E-state index contributed by atoms with van der Waals surface area (Å²) in [4.78, 5) is 11.3. The lowest BCUT2D eigenvalue weighted by molar-refractivity contribution is -0.135. The molecule has 0 aliphatic carbocycles. The van der Waals surface area contributed by atoms with E-state index in [0.717, 1.165) is 6.54 Å². The molecule has 13 heavy (non-hydrogen) atoms. The Morgan fingerprint density at radius 2 is 2.08 bits per heavy atom. The summed E-state index contributed by atoms with van der Waals surface area (Å²) >= 11 is 0. The fraction of sp³-hybridized carbons (Fsp3) is 0.889. The normalized spacial score (nSPS) is 32.6. The van der Waals surface area contributed by atoms with Crippen LogP contribution < -0.4 is 10.6 Å². The van der Waals surface area contributed by atoms with Gasteiger partial charge in [0.15, 0.2) is 0 Å². The van der Waals surface area contributed by atoms with Crippen molar-refractivity contribution in [3.05, 3.63) is 0 Å². The number of alkyl halides is 1. The van der Waals surface area contributed by atoms with E-state index in [9.17, 15) is 9.18 Å². The van der Waals surface area contributed by atoms with E-state index >= 15 is 0 Å². The number of hydrogen-bond donors (Lipinski definition) is 2. The summed E-state index contributed by atoms with van der Waals surface area (Å²) in [6.45, 7) is 4.79. The van der Waals surface area contributed by atoms with Crippen LogP contribution in [0.4, 0.5) is 4.39 Å². The molecule has 1 rings (SSSR count). The maximum Gasteiger partial charge on any atom is 0.258 e. The first kappa shape index (κ1) is 10.4. The third kappa shape index (κ3) is 2.18. The van der Waals surface area contributed by atoms with Crippen LogP contribution in [0, 0.1) is 5.41 Å². The van der Waals surface area contributed by atoms with Crippen LogP contribution in [0.5, 0.6) is 0 Å². The van der Waals surface area contributed by atoms with Crippen molar-refractivity contribution in [2.24, 2.45) is 5.41 Å². The van der Waals surface area contributed by atoms with Gasteiger partial charge in [-0.05, 0) is 11.8 Å². The molecule has 0 bridgehead atoms. The molecule has 1 heterocycles. The van der Waals surface area contributed by atoms with E-state index in [1.807, 2.05) is 13.8 Å². The summed E-state index contributed by atoms with van der Waals surface area (Å²) in [5, 5.41) is 5.30. The summed E-state index contributed by atoms with van der Waals surface area (Å²) in [5.41, 5.74) is -1.89. The van der Waals surface area contributed by atoms with Crippen molar-refractivity contribution in [3.8, 4) is 0 Å². The monoisotopic (exact) mass is 188 g/mol. The second-order valence-electron chi connectivity index (χ2n) is 4.49. The van der Waals surface area contributed by atoms with E-state index in [2.05, 4.69) is 10.6 Å². The summed E-state index contributed by atoms with van der Waals surface area (Å²) in [6.07, 6.45) is 0.284. The molecular formula is C9H17FN2O. The largest absolute Gasteiger partial charge is 0.356 e. The third-order valence-corrected chi connectivity index (χ3v) is 2.40. The summed E-state index contributed by atoms with van der Waals surface area (Å²) < 4.78 is 14.0. The van der Waals surface area contributed by atoms with Crippen LogP contribution in [-0.2, 0) is 4.79 Å². The number of nitrogens with one attached hydrogen (secondary N) is 2. The number of halogens is 1. The first-order valence-electron chi connectivity index (χ1n) is 4.51. The Morgan fingerprint density at radius 3 is 2.54 bits per heavy atom. The van der Waals surface area contributed by atoms with Gasteiger partial charge >= 0.3 is 0 Å². The predicted molar refractivity (Wildman–Crippen MR) is 49.2 cm³/mol. The lowest BCUT2D eigenvalue weighted by Crippen LogP contribution is -2.57. The molecule has 0 aromatic heterocycles. The highest BCUT2D eigenvalue weighted by molar-refractivity contribution is 5.85. The lowest BCUT2D eigenvalue weighted by atomic mass is 9.77. The van der Waals surface area contributed by atoms with Gasteiger partial charge < -0.3 is 10.6 Å². The zero-order chi connectivity index (χ0) is 10.1. The van der Waals surface area contributed by atoms with Crippen LogP contribution in [0.2, 0.25) is 0 Å². The second-order valence-corrected chi connectivity index (χ2v) is 4.49. The van der Waals surface area contributed by atoms with Gasteiger partial charge in [0.2, 0.25) is 5.67 Å². The van der Waals surface area contributed by atoms with E-state index in [1.54, 1.807) is 0 Å². The summed E-state index contributed by atoms with van der Waals surface area (Å²) in [5.74, 6) is -0.521. The van der Waals surface area contributed by atoms with Gasteiger partial charge in [-0.15, -0.1) is 0 Å². The molecule has 0 aromatic carbocycles. The first-order chi connectivity index (χ1) is 5.90. The number of rotatable bonds is 1. The zero-order valence-corrected chi connectivity index (χ0v) is 8.41. The second kappa shape index (κ2) is 3.25. The number of carbonyl (C=O) groups excluding carboxylic acids is 1. The molecule has 1 aliphatic heterocycles. The highest BCUT2D eigenvalue weighted by Gasteiger charge is 2.45. The minimum absolute atomic E-state index is 0.121. The molecule has 3 nitrogen and oxygen atoms in total. The third-order valence-electron chi connectivity index (χ3n) is 2.40. The lowest BCUT2D eigenvalue weighted by Gasteiger charge is -2.38. The van der Waals surface area contributed by atoms with E-state index in [-0.39, 0.29) is 18.4 Å². The predicted octanol–water partition coefficient (Wildman–Crippen LogP) is 0.460. The van der Waals surface area contributed by atoms with E-state index in [1.165, 1.54) is 7.05 Å². The van der Waals surface area contributed by atoms with Crippen molar-refractivity contribution in [2.75, 3.05) is 20.1 Å². The molecule has 0 unspecified atom stereocenters. The molecule has 76 valence electrons. The molecule has 1 amide bonds. The smallest absolute Gasteiger partial charge is 0.258 e. The van der Waals surface area contributed by atoms with Gasteiger partial charge in [0.05, 0.1) is 0 Å². The quantitative estimate of drug-likeness (QED) is 0.627. The van der Waals surface area contributed by atoms with E-state index in [0.29, 0.717) is 0 Å². The number of piperidine rings is 1.